The number of benzene rings is 1. The highest BCUT2D eigenvalue weighted by Crippen LogP contribution is 2.10. The summed E-state index contributed by atoms with van der Waals surface area (Å²) in [6.45, 7) is 3.48. The summed E-state index contributed by atoms with van der Waals surface area (Å²) in [6, 6.07) is 4.73. The minimum Gasteiger partial charge on any atom is -0.348 e. The van der Waals surface area contributed by atoms with Gasteiger partial charge in [-0.3, -0.25) is 4.79 Å². The van der Waals surface area contributed by atoms with Crippen molar-refractivity contribution in [3.63, 3.8) is 0 Å². The summed E-state index contributed by atoms with van der Waals surface area (Å²) in [4.78, 5) is 11.9. The smallest absolute Gasteiger partial charge is 0.251 e. The van der Waals surface area contributed by atoms with Crippen LogP contribution in [0.1, 0.15) is 28.8 Å². The molecule has 1 amide bonds. The monoisotopic (exact) mass is 272 g/mol. The minimum atomic E-state index is -0.334. The maximum absolute atomic E-state index is 13.3. The molecule has 1 aliphatic rings. The minimum absolute atomic E-state index is 0. The number of amides is 1. The Labute approximate surface area is 113 Å². The van der Waals surface area contributed by atoms with Crippen molar-refractivity contribution in [3.8, 4) is 0 Å². The van der Waals surface area contributed by atoms with Crippen LogP contribution in [0.25, 0.3) is 0 Å². The Balaban J connectivity index is 0.00000162. The third-order valence-corrected chi connectivity index (χ3v) is 3.07. The molecule has 5 heteroatoms. The van der Waals surface area contributed by atoms with E-state index in [2.05, 4.69) is 10.6 Å². The molecule has 1 aromatic carbocycles. The number of hydrogen-bond acceptors (Lipinski definition) is 2. The van der Waals surface area contributed by atoms with E-state index in [1.54, 1.807) is 19.1 Å². The van der Waals surface area contributed by atoms with E-state index < -0.39 is 0 Å². The number of nitrogens with one attached hydrogen (secondary N) is 2. The molecule has 0 aliphatic carbocycles. The molecule has 0 saturated carbocycles. The second-order valence-electron chi connectivity index (χ2n) is 4.48. The molecule has 1 fully saturated rings. The number of carbonyl (C=O) groups excluding carboxylic acids is 1. The van der Waals surface area contributed by atoms with Crippen molar-refractivity contribution >= 4 is 18.3 Å². The number of carbonyl (C=O) groups is 1. The van der Waals surface area contributed by atoms with Gasteiger partial charge in [-0.1, -0.05) is 6.07 Å². The molecule has 1 heterocycles. The number of piperidine rings is 1. The normalized spacial score (nSPS) is 18.9. The van der Waals surface area contributed by atoms with E-state index in [4.69, 9.17) is 0 Å². The zero-order chi connectivity index (χ0) is 12.3. The topological polar surface area (TPSA) is 41.1 Å². The highest BCUT2D eigenvalue weighted by molar-refractivity contribution is 5.94. The average Bonchev–Trinajstić information content (AvgIpc) is 2.34. The van der Waals surface area contributed by atoms with Crippen LogP contribution in [0.3, 0.4) is 0 Å². The molecule has 0 aromatic heterocycles. The summed E-state index contributed by atoms with van der Waals surface area (Å²) in [5, 5.41) is 6.14. The van der Waals surface area contributed by atoms with Gasteiger partial charge in [-0.05, 0) is 44.0 Å². The van der Waals surface area contributed by atoms with Crippen molar-refractivity contribution in [1.82, 2.24) is 10.6 Å². The van der Waals surface area contributed by atoms with Crippen LogP contribution in [0.4, 0.5) is 4.39 Å². The summed E-state index contributed by atoms with van der Waals surface area (Å²) >= 11 is 0. The van der Waals surface area contributed by atoms with Crippen molar-refractivity contribution < 1.29 is 9.18 Å². The van der Waals surface area contributed by atoms with Gasteiger partial charge in [0.05, 0.1) is 0 Å². The molecule has 2 rings (SSSR count). The summed E-state index contributed by atoms with van der Waals surface area (Å²) in [6.07, 6.45) is 2.04. The maximum atomic E-state index is 13.3. The largest absolute Gasteiger partial charge is 0.348 e. The van der Waals surface area contributed by atoms with Gasteiger partial charge in [0.15, 0.2) is 0 Å². The number of hydrogen-bond donors (Lipinski definition) is 2. The molecule has 1 aromatic rings. The van der Waals surface area contributed by atoms with E-state index in [9.17, 15) is 9.18 Å². The van der Waals surface area contributed by atoms with Crippen molar-refractivity contribution in [3.05, 3.63) is 35.1 Å². The van der Waals surface area contributed by atoms with Gasteiger partial charge in [-0.25, -0.2) is 4.39 Å². The number of halogens is 2. The molecule has 0 radical (unpaired) electrons. The first-order valence-corrected chi connectivity index (χ1v) is 5.94. The first-order valence-electron chi connectivity index (χ1n) is 5.94. The molecule has 18 heavy (non-hydrogen) atoms. The van der Waals surface area contributed by atoms with Crippen LogP contribution in [0.15, 0.2) is 18.2 Å². The molecule has 0 spiro atoms. The van der Waals surface area contributed by atoms with Crippen molar-refractivity contribution in [1.29, 1.82) is 0 Å². The fraction of sp³-hybridized carbons (Fsp3) is 0.462. The Morgan fingerprint density at radius 3 is 2.89 bits per heavy atom. The Bertz CT molecular complexity index is 419. The maximum Gasteiger partial charge on any atom is 0.251 e. The molecule has 1 atom stereocenters. The van der Waals surface area contributed by atoms with E-state index in [0.29, 0.717) is 11.1 Å². The zero-order valence-electron chi connectivity index (χ0n) is 10.3. The number of rotatable bonds is 2. The van der Waals surface area contributed by atoms with E-state index in [1.807, 2.05) is 0 Å². The van der Waals surface area contributed by atoms with E-state index in [-0.39, 0.29) is 30.2 Å². The Kier molecular flexibility index (Phi) is 5.56. The predicted molar refractivity (Wildman–Crippen MR) is 71.7 cm³/mol. The molecule has 1 unspecified atom stereocenters. The molecule has 3 nitrogen and oxygen atoms in total. The van der Waals surface area contributed by atoms with Crippen LogP contribution < -0.4 is 10.6 Å². The van der Waals surface area contributed by atoms with E-state index >= 15 is 0 Å². The highest BCUT2D eigenvalue weighted by Gasteiger charge is 2.16. The van der Waals surface area contributed by atoms with E-state index in [0.717, 1.165) is 25.9 Å². The second-order valence-corrected chi connectivity index (χ2v) is 4.48. The summed E-state index contributed by atoms with van der Waals surface area (Å²) in [5.41, 5.74) is 0.944. The fourth-order valence-electron chi connectivity index (χ4n) is 1.98. The predicted octanol–water partition coefficient (Wildman–Crippen LogP) is 2.04. The quantitative estimate of drug-likeness (QED) is 0.865. The molecule has 2 N–H and O–H groups in total. The first kappa shape index (κ1) is 14.9. The van der Waals surface area contributed by atoms with E-state index in [1.165, 1.54) is 6.07 Å². The fourth-order valence-corrected chi connectivity index (χ4v) is 1.98. The first-order chi connectivity index (χ1) is 8.16. The van der Waals surface area contributed by atoms with Crippen molar-refractivity contribution in [2.75, 3.05) is 13.1 Å². The molecule has 100 valence electrons. The lowest BCUT2D eigenvalue weighted by Crippen LogP contribution is -2.45. The Morgan fingerprint density at radius 1 is 1.50 bits per heavy atom. The van der Waals surface area contributed by atoms with Gasteiger partial charge in [-0.15, -0.1) is 12.4 Å². The molecule has 1 aliphatic heterocycles. The third kappa shape index (κ3) is 3.68. The standard InChI is InChI=1S/C13H17FN2O.ClH/c1-9-4-5-10(7-12(9)14)13(17)16-11-3-2-6-15-8-11;/h4-5,7,11,15H,2-3,6,8H2,1H3,(H,16,17);1H. The Hall–Kier alpha value is -1.13. The summed E-state index contributed by atoms with van der Waals surface area (Å²) in [5.74, 6) is -0.531. The second kappa shape index (κ2) is 6.71. The lowest BCUT2D eigenvalue weighted by atomic mass is 10.1. The van der Waals surface area contributed by atoms with Crippen molar-refractivity contribution in [2.45, 2.75) is 25.8 Å². The lowest BCUT2D eigenvalue weighted by Gasteiger charge is -2.23. The van der Waals surface area contributed by atoms with Gasteiger partial charge in [0.25, 0.3) is 5.91 Å². The van der Waals surface area contributed by atoms with Crippen LogP contribution in [0.2, 0.25) is 0 Å². The van der Waals surface area contributed by atoms with Gasteiger partial charge in [-0.2, -0.15) is 0 Å². The van der Waals surface area contributed by atoms with Crippen LogP contribution in [-0.2, 0) is 0 Å². The SMILES string of the molecule is Cc1ccc(C(=O)NC2CCCNC2)cc1F.Cl. The van der Waals surface area contributed by atoms with Crippen molar-refractivity contribution in [2.24, 2.45) is 0 Å². The van der Waals surface area contributed by atoms with Crippen LogP contribution in [0, 0.1) is 12.7 Å². The van der Waals surface area contributed by atoms with Gasteiger partial charge in [0, 0.05) is 18.2 Å². The molecule has 0 bridgehead atoms. The average molecular weight is 273 g/mol. The lowest BCUT2D eigenvalue weighted by molar-refractivity contribution is 0.0930. The van der Waals surface area contributed by atoms with Gasteiger partial charge >= 0.3 is 0 Å². The van der Waals surface area contributed by atoms with Crippen LogP contribution in [-0.4, -0.2) is 25.0 Å². The highest BCUT2D eigenvalue weighted by atomic mass is 35.5. The van der Waals surface area contributed by atoms with Gasteiger partial charge in [0.1, 0.15) is 5.82 Å². The summed E-state index contributed by atoms with van der Waals surface area (Å²) in [7, 11) is 0. The van der Waals surface area contributed by atoms with Gasteiger partial charge < -0.3 is 10.6 Å². The summed E-state index contributed by atoms with van der Waals surface area (Å²) < 4.78 is 13.3. The molecular formula is C13H18ClFN2O. The van der Waals surface area contributed by atoms with Crippen LogP contribution >= 0.6 is 12.4 Å². The zero-order valence-corrected chi connectivity index (χ0v) is 11.1. The number of aryl methyl sites for hydroxylation is 1. The molecule has 1 saturated heterocycles. The van der Waals surface area contributed by atoms with Crippen LogP contribution in [0.5, 0.6) is 0 Å². The van der Waals surface area contributed by atoms with Gasteiger partial charge in [0.2, 0.25) is 0 Å². The third-order valence-electron chi connectivity index (χ3n) is 3.07. The molecular weight excluding hydrogens is 255 g/mol. The Morgan fingerprint density at radius 2 is 2.28 bits per heavy atom.